The fourth-order valence-electron chi connectivity index (χ4n) is 3.84. The maximum atomic E-state index is 13.5. The van der Waals surface area contributed by atoms with Crippen LogP contribution < -0.4 is 10.1 Å². The molecule has 5 nitrogen and oxygen atoms in total. The monoisotopic (exact) mass is 555 g/mol. The third-order valence-electron chi connectivity index (χ3n) is 5.68. The van der Waals surface area contributed by atoms with Gasteiger partial charge in [0.1, 0.15) is 0 Å². The SMILES string of the molecule is Cc1cc(S(=O)(=O)NC(C2=NNC(c3ccc(Cl)cc3)C2)c2ccc(Cl)cc2Cl)c(C)cc1Cl. The summed E-state index contributed by atoms with van der Waals surface area (Å²) < 4.78 is 29.8. The molecule has 0 bridgehead atoms. The molecule has 0 amide bonds. The molecule has 2 unspecified atom stereocenters. The van der Waals surface area contributed by atoms with E-state index in [1.807, 2.05) is 12.1 Å². The van der Waals surface area contributed by atoms with Crippen molar-refractivity contribution in [3.05, 3.63) is 96.9 Å². The van der Waals surface area contributed by atoms with Crippen LogP contribution in [0.1, 0.15) is 40.8 Å². The van der Waals surface area contributed by atoms with Crippen molar-refractivity contribution in [1.82, 2.24) is 10.1 Å². The number of benzene rings is 3. The average Bonchev–Trinajstić information content (AvgIpc) is 3.25. The fourth-order valence-corrected chi connectivity index (χ4v) is 6.22. The number of nitrogens with zero attached hydrogens (tertiary/aromatic N) is 1. The smallest absolute Gasteiger partial charge is 0.241 e. The quantitative estimate of drug-likeness (QED) is 0.342. The Hall–Kier alpha value is -1.80. The first-order valence-electron chi connectivity index (χ1n) is 10.4. The van der Waals surface area contributed by atoms with Crippen LogP contribution in [0.25, 0.3) is 0 Å². The summed E-state index contributed by atoms with van der Waals surface area (Å²) in [7, 11) is -3.96. The molecule has 34 heavy (non-hydrogen) atoms. The Morgan fingerprint density at radius 3 is 2.26 bits per heavy atom. The van der Waals surface area contributed by atoms with Crippen molar-refractivity contribution in [3.63, 3.8) is 0 Å². The van der Waals surface area contributed by atoms with Gasteiger partial charge in [-0.05, 0) is 72.5 Å². The van der Waals surface area contributed by atoms with Crippen molar-refractivity contribution in [2.45, 2.75) is 37.2 Å². The molecule has 0 radical (unpaired) electrons. The summed E-state index contributed by atoms with van der Waals surface area (Å²) in [6.07, 6.45) is 0.465. The number of halogens is 4. The third kappa shape index (κ3) is 5.38. The van der Waals surface area contributed by atoms with Gasteiger partial charge in [0.05, 0.1) is 22.7 Å². The molecule has 0 fully saturated rings. The largest absolute Gasteiger partial charge is 0.302 e. The summed E-state index contributed by atoms with van der Waals surface area (Å²) in [6, 6.07) is 14.6. The van der Waals surface area contributed by atoms with Crippen LogP contribution in [-0.4, -0.2) is 14.1 Å². The molecule has 3 aromatic carbocycles. The predicted octanol–water partition coefficient (Wildman–Crippen LogP) is 7.03. The zero-order valence-corrected chi connectivity index (χ0v) is 22.1. The molecule has 2 atom stereocenters. The average molecular weight is 557 g/mol. The minimum atomic E-state index is -3.96. The number of nitrogens with one attached hydrogen (secondary N) is 2. The van der Waals surface area contributed by atoms with E-state index < -0.39 is 16.1 Å². The van der Waals surface area contributed by atoms with E-state index >= 15 is 0 Å². The number of hydrogen-bond donors (Lipinski definition) is 2. The van der Waals surface area contributed by atoms with E-state index in [2.05, 4.69) is 15.2 Å². The van der Waals surface area contributed by atoms with Gasteiger partial charge < -0.3 is 5.43 Å². The number of sulfonamides is 1. The van der Waals surface area contributed by atoms with Gasteiger partial charge in [0, 0.05) is 26.5 Å². The molecule has 10 heteroatoms. The van der Waals surface area contributed by atoms with E-state index in [0.717, 1.165) is 5.56 Å². The Labute approximate surface area is 219 Å². The second-order valence-corrected chi connectivity index (χ2v) is 11.5. The molecule has 2 N–H and O–H groups in total. The molecule has 4 rings (SSSR count). The minimum absolute atomic E-state index is 0.134. The first-order chi connectivity index (χ1) is 16.0. The Morgan fingerprint density at radius 1 is 0.912 bits per heavy atom. The van der Waals surface area contributed by atoms with Gasteiger partial charge >= 0.3 is 0 Å². The zero-order valence-electron chi connectivity index (χ0n) is 18.2. The first-order valence-corrected chi connectivity index (χ1v) is 13.4. The molecule has 0 spiro atoms. The van der Waals surface area contributed by atoms with Gasteiger partial charge in [-0.1, -0.05) is 64.6 Å². The van der Waals surface area contributed by atoms with Gasteiger partial charge in [0.2, 0.25) is 10.0 Å². The zero-order chi connectivity index (χ0) is 24.6. The van der Waals surface area contributed by atoms with Crippen LogP contribution >= 0.6 is 46.4 Å². The summed E-state index contributed by atoms with van der Waals surface area (Å²) in [5.41, 5.74) is 6.43. The number of rotatable bonds is 6. The van der Waals surface area contributed by atoms with E-state index in [9.17, 15) is 8.42 Å². The normalized spacial score (nSPS) is 16.8. The summed E-state index contributed by atoms with van der Waals surface area (Å²) in [6.45, 7) is 3.46. The molecule has 0 saturated heterocycles. The Balaban J connectivity index is 1.71. The highest BCUT2D eigenvalue weighted by atomic mass is 35.5. The van der Waals surface area contributed by atoms with Gasteiger partial charge in [-0.25, -0.2) is 8.42 Å². The standard InChI is InChI=1S/C24H21Cl4N3O2S/c1-13-10-23(14(2)9-19(13)27)34(32,33)31-24(18-8-7-17(26)11-20(18)28)22-12-21(29-30-22)15-3-5-16(25)6-4-15/h3-11,21,24,29,31H,12H2,1-2H3. The van der Waals surface area contributed by atoms with Gasteiger partial charge in [-0.15, -0.1) is 0 Å². The lowest BCUT2D eigenvalue weighted by atomic mass is 9.96. The third-order valence-corrected chi connectivity index (χ3v) is 8.46. The van der Waals surface area contributed by atoms with Crippen molar-refractivity contribution in [1.29, 1.82) is 0 Å². The lowest BCUT2D eigenvalue weighted by Crippen LogP contribution is -2.34. The van der Waals surface area contributed by atoms with E-state index in [1.54, 1.807) is 56.3 Å². The minimum Gasteiger partial charge on any atom is -0.302 e. The van der Waals surface area contributed by atoms with Crippen LogP contribution in [0.4, 0.5) is 0 Å². The van der Waals surface area contributed by atoms with E-state index in [1.165, 1.54) is 0 Å². The van der Waals surface area contributed by atoms with Gasteiger partial charge in [-0.3, -0.25) is 0 Å². The predicted molar refractivity (Wildman–Crippen MR) is 140 cm³/mol. The van der Waals surface area contributed by atoms with Gasteiger partial charge in [0.25, 0.3) is 0 Å². The van der Waals surface area contributed by atoms with E-state index in [4.69, 9.17) is 46.4 Å². The van der Waals surface area contributed by atoms with Crippen molar-refractivity contribution in [2.75, 3.05) is 0 Å². The Morgan fingerprint density at radius 2 is 1.59 bits per heavy atom. The topological polar surface area (TPSA) is 70.6 Å². The molecular weight excluding hydrogens is 536 g/mol. The van der Waals surface area contributed by atoms with Crippen LogP contribution in [0.2, 0.25) is 20.1 Å². The highest BCUT2D eigenvalue weighted by Crippen LogP contribution is 2.34. The molecular formula is C24H21Cl4N3O2S. The Kier molecular flexibility index (Phi) is 7.48. The van der Waals surface area contributed by atoms with Crippen molar-refractivity contribution >= 4 is 62.1 Å². The number of hydrazone groups is 1. The molecule has 1 heterocycles. The summed E-state index contributed by atoms with van der Waals surface area (Å²) in [5, 5.41) is 6.40. The lowest BCUT2D eigenvalue weighted by molar-refractivity contribution is 0.575. The van der Waals surface area contributed by atoms with E-state index in [0.29, 0.717) is 48.9 Å². The highest BCUT2D eigenvalue weighted by molar-refractivity contribution is 7.89. The van der Waals surface area contributed by atoms with Crippen molar-refractivity contribution < 1.29 is 8.42 Å². The molecule has 0 saturated carbocycles. The maximum absolute atomic E-state index is 13.5. The van der Waals surface area contributed by atoms with Crippen molar-refractivity contribution in [3.8, 4) is 0 Å². The number of hydrogen-bond acceptors (Lipinski definition) is 4. The van der Waals surface area contributed by atoms with Crippen LogP contribution in [0.3, 0.4) is 0 Å². The summed E-state index contributed by atoms with van der Waals surface area (Å²) >= 11 is 24.8. The van der Waals surface area contributed by atoms with Gasteiger partial charge in [0.15, 0.2) is 0 Å². The van der Waals surface area contributed by atoms with E-state index in [-0.39, 0.29) is 10.9 Å². The van der Waals surface area contributed by atoms with Gasteiger partial charge in [-0.2, -0.15) is 9.82 Å². The molecule has 0 aliphatic carbocycles. The maximum Gasteiger partial charge on any atom is 0.241 e. The molecule has 178 valence electrons. The molecule has 1 aliphatic rings. The second kappa shape index (κ2) is 10.1. The molecule has 0 aromatic heterocycles. The summed E-state index contributed by atoms with van der Waals surface area (Å²) in [4.78, 5) is 0.144. The van der Waals surface area contributed by atoms with Crippen LogP contribution in [-0.2, 0) is 10.0 Å². The van der Waals surface area contributed by atoms with Crippen LogP contribution in [0.15, 0.2) is 64.6 Å². The molecule has 1 aliphatic heterocycles. The second-order valence-electron chi connectivity index (χ2n) is 8.13. The highest BCUT2D eigenvalue weighted by Gasteiger charge is 2.33. The summed E-state index contributed by atoms with van der Waals surface area (Å²) in [5.74, 6) is 0. The van der Waals surface area contributed by atoms with Crippen LogP contribution in [0.5, 0.6) is 0 Å². The molecule has 3 aromatic rings. The first kappa shape index (κ1) is 25.3. The fraction of sp³-hybridized carbons (Fsp3) is 0.208. The number of aryl methyl sites for hydroxylation is 2. The van der Waals surface area contributed by atoms with Crippen LogP contribution in [0, 0.1) is 13.8 Å². The Bertz CT molecular complexity index is 1380. The van der Waals surface area contributed by atoms with Crippen molar-refractivity contribution in [2.24, 2.45) is 5.10 Å². The lowest BCUT2D eigenvalue weighted by Gasteiger charge is -2.22.